The van der Waals surface area contributed by atoms with E-state index in [9.17, 15) is 9.90 Å². The molecule has 1 aliphatic heterocycles. The Morgan fingerprint density at radius 2 is 2.13 bits per heavy atom. The second kappa shape index (κ2) is 9.52. The molecule has 2 heterocycles. The van der Waals surface area contributed by atoms with Crippen LogP contribution in [-0.4, -0.2) is 52.7 Å². The molecule has 4 rings (SSSR count). The van der Waals surface area contributed by atoms with E-state index in [-0.39, 0.29) is 5.91 Å². The average molecular weight is 412 g/mol. The predicted molar refractivity (Wildman–Crippen MR) is 122 cm³/mol. The quantitative estimate of drug-likeness (QED) is 0.585. The van der Waals surface area contributed by atoms with Gasteiger partial charge in [-0.15, -0.1) is 0 Å². The zero-order valence-electron chi connectivity index (χ0n) is 18.4. The lowest BCUT2D eigenvalue weighted by Crippen LogP contribution is -2.32. The Kier molecular flexibility index (Phi) is 6.79. The van der Waals surface area contributed by atoms with Gasteiger partial charge in [0.05, 0.1) is 5.60 Å². The minimum absolute atomic E-state index is 0.136. The van der Waals surface area contributed by atoms with E-state index in [1.54, 1.807) is 7.05 Å². The molecule has 1 saturated carbocycles. The van der Waals surface area contributed by atoms with E-state index in [2.05, 4.69) is 39.6 Å². The maximum Gasteiger partial charge on any atom is 0.219 e. The Hall–Kier alpha value is -1.85. The Morgan fingerprint density at radius 1 is 1.30 bits per heavy atom. The number of likely N-dealkylation sites (tertiary alicyclic amines) is 1. The molecule has 2 fully saturated rings. The molecule has 1 amide bonds. The summed E-state index contributed by atoms with van der Waals surface area (Å²) in [5.41, 5.74) is 3.50. The number of rotatable bonds is 9. The highest BCUT2D eigenvalue weighted by atomic mass is 16.3. The number of aromatic nitrogens is 1. The summed E-state index contributed by atoms with van der Waals surface area (Å²) in [6.07, 6.45) is 13.3. The topological polar surface area (TPSA) is 68.4 Å². The van der Waals surface area contributed by atoms with E-state index in [1.165, 1.54) is 47.7 Å². The molecule has 0 unspecified atom stereocenters. The molecule has 164 valence electrons. The van der Waals surface area contributed by atoms with Crippen LogP contribution in [0.1, 0.15) is 68.9 Å². The Morgan fingerprint density at radius 3 is 2.93 bits per heavy atom. The molecular weight excluding hydrogens is 374 g/mol. The Balaban J connectivity index is 1.39. The Bertz CT molecular complexity index is 853. The number of nitrogens with zero attached hydrogens (tertiary/aromatic N) is 1. The predicted octanol–water partition coefficient (Wildman–Crippen LogP) is 3.94. The minimum Gasteiger partial charge on any atom is -0.390 e. The van der Waals surface area contributed by atoms with Gasteiger partial charge in [-0.2, -0.15) is 0 Å². The van der Waals surface area contributed by atoms with E-state index in [4.69, 9.17) is 0 Å². The van der Waals surface area contributed by atoms with E-state index in [0.717, 1.165) is 51.6 Å². The summed E-state index contributed by atoms with van der Waals surface area (Å²) in [7, 11) is 1.71. The number of carbonyl (C=O) groups is 1. The van der Waals surface area contributed by atoms with E-state index >= 15 is 0 Å². The first-order valence-corrected chi connectivity index (χ1v) is 11.8. The number of hydrogen-bond donors (Lipinski definition) is 3. The maximum atomic E-state index is 11.5. The first-order chi connectivity index (χ1) is 14.6. The monoisotopic (exact) mass is 411 g/mol. The van der Waals surface area contributed by atoms with Crippen molar-refractivity contribution in [2.24, 2.45) is 0 Å². The van der Waals surface area contributed by atoms with Crippen molar-refractivity contribution in [3.63, 3.8) is 0 Å². The van der Waals surface area contributed by atoms with Gasteiger partial charge in [0.25, 0.3) is 0 Å². The van der Waals surface area contributed by atoms with Crippen LogP contribution in [0, 0.1) is 0 Å². The van der Waals surface area contributed by atoms with E-state index < -0.39 is 5.60 Å². The number of benzene rings is 1. The number of nitrogens with one attached hydrogen (secondary N) is 2. The molecule has 0 radical (unpaired) electrons. The van der Waals surface area contributed by atoms with Crippen molar-refractivity contribution in [1.29, 1.82) is 0 Å². The summed E-state index contributed by atoms with van der Waals surface area (Å²) in [5, 5.41) is 14.7. The van der Waals surface area contributed by atoms with Gasteiger partial charge in [0.15, 0.2) is 0 Å². The molecule has 1 atom stereocenters. The van der Waals surface area contributed by atoms with Crippen LogP contribution in [-0.2, 0) is 17.6 Å². The molecule has 1 aromatic heterocycles. The third-order valence-corrected chi connectivity index (χ3v) is 7.33. The average Bonchev–Trinajstić information content (AvgIpc) is 3.48. The highest BCUT2D eigenvalue weighted by Gasteiger charge is 2.30. The van der Waals surface area contributed by atoms with Gasteiger partial charge < -0.3 is 20.3 Å². The molecule has 0 bridgehead atoms. The van der Waals surface area contributed by atoms with Crippen molar-refractivity contribution in [2.75, 3.05) is 20.1 Å². The fourth-order valence-corrected chi connectivity index (χ4v) is 5.45. The van der Waals surface area contributed by atoms with Gasteiger partial charge in [-0.05, 0) is 87.7 Å². The van der Waals surface area contributed by atoms with Crippen LogP contribution in [0.15, 0.2) is 24.4 Å². The lowest BCUT2D eigenvalue weighted by atomic mass is 9.92. The van der Waals surface area contributed by atoms with Crippen molar-refractivity contribution in [3.05, 3.63) is 35.5 Å². The lowest BCUT2D eigenvalue weighted by Gasteiger charge is -2.24. The minimum atomic E-state index is -0.436. The van der Waals surface area contributed by atoms with Crippen LogP contribution in [0.2, 0.25) is 0 Å². The number of amides is 1. The first kappa shape index (κ1) is 21.4. The summed E-state index contributed by atoms with van der Waals surface area (Å²) in [6.45, 7) is 2.15. The summed E-state index contributed by atoms with van der Waals surface area (Å²) >= 11 is 0. The molecule has 5 nitrogen and oxygen atoms in total. The zero-order chi connectivity index (χ0) is 21.0. The van der Waals surface area contributed by atoms with Crippen LogP contribution >= 0.6 is 0 Å². The normalized spacial score (nSPS) is 21.5. The SMILES string of the molecule is CNC(=O)CCCN1CCC[C@@H]1Cc1c[nH]c2ccc(CCC3(O)CCCC3)cc12. The second-order valence-corrected chi connectivity index (χ2v) is 9.44. The van der Waals surface area contributed by atoms with Crippen LogP contribution in [0.25, 0.3) is 10.9 Å². The number of aromatic amines is 1. The molecule has 2 aromatic rings. The first-order valence-electron chi connectivity index (χ1n) is 11.8. The lowest BCUT2D eigenvalue weighted by molar-refractivity contribution is -0.120. The smallest absolute Gasteiger partial charge is 0.219 e. The van der Waals surface area contributed by atoms with E-state index in [1.807, 2.05) is 0 Å². The molecule has 1 aliphatic carbocycles. The van der Waals surface area contributed by atoms with Gasteiger partial charge in [0.2, 0.25) is 5.91 Å². The maximum absolute atomic E-state index is 11.5. The highest BCUT2D eigenvalue weighted by molar-refractivity contribution is 5.84. The molecule has 0 spiro atoms. The van der Waals surface area contributed by atoms with Gasteiger partial charge in [-0.1, -0.05) is 18.9 Å². The van der Waals surface area contributed by atoms with Crippen LogP contribution in [0.5, 0.6) is 0 Å². The Labute approximate surface area is 180 Å². The molecular formula is C25H37N3O2. The van der Waals surface area contributed by atoms with Gasteiger partial charge in [-0.3, -0.25) is 4.79 Å². The fraction of sp³-hybridized carbons (Fsp3) is 0.640. The molecule has 30 heavy (non-hydrogen) atoms. The summed E-state index contributed by atoms with van der Waals surface area (Å²) in [5.74, 6) is 0.136. The number of aryl methyl sites for hydroxylation is 1. The van der Waals surface area contributed by atoms with Crippen molar-refractivity contribution < 1.29 is 9.90 Å². The molecule has 5 heteroatoms. The van der Waals surface area contributed by atoms with Gasteiger partial charge >= 0.3 is 0 Å². The van der Waals surface area contributed by atoms with Crippen molar-refractivity contribution in [3.8, 4) is 0 Å². The molecule has 1 aromatic carbocycles. The van der Waals surface area contributed by atoms with Gasteiger partial charge in [0, 0.05) is 36.6 Å². The van der Waals surface area contributed by atoms with Crippen LogP contribution in [0.4, 0.5) is 0 Å². The third kappa shape index (κ3) is 5.06. The standard InChI is InChI=1S/C25H37N3O2/c1-26-24(29)7-5-15-28-14-4-6-21(28)17-20-18-27-23-9-8-19(16-22(20)23)10-13-25(30)11-2-3-12-25/h8-9,16,18,21,27,30H,2-7,10-15,17H2,1H3,(H,26,29)/t21-/m1/s1. The fourth-order valence-electron chi connectivity index (χ4n) is 5.45. The zero-order valence-corrected chi connectivity index (χ0v) is 18.4. The molecule has 1 saturated heterocycles. The number of hydrogen-bond acceptors (Lipinski definition) is 3. The van der Waals surface area contributed by atoms with Crippen molar-refractivity contribution >= 4 is 16.8 Å². The largest absolute Gasteiger partial charge is 0.390 e. The van der Waals surface area contributed by atoms with Crippen molar-refractivity contribution in [1.82, 2.24) is 15.2 Å². The summed E-state index contributed by atoms with van der Waals surface area (Å²) in [4.78, 5) is 17.5. The van der Waals surface area contributed by atoms with Crippen LogP contribution in [0.3, 0.4) is 0 Å². The molecule has 2 aliphatic rings. The van der Waals surface area contributed by atoms with Crippen molar-refractivity contribution in [2.45, 2.75) is 82.3 Å². The van der Waals surface area contributed by atoms with Crippen LogP contribution < -0.4 is 5.32 Å². The van der Waals surface area contributed by atoms with E-state index in [0.29, 0.717) is 12.5 Å². The summed E-state index contributed by atoms with van der Waals surface area (Å²) in [6, 6.07) is 7.31. The summed E-state index contributed by atoms with van der Waals surface area (Å²) < 4.78 is 0. The molecule has 3 N–H and O–H groups in total. The highest BCUT2D eigenvalue weighted by Crippen LogP contribution is 2.34. The van der Waals surface area contributed by atoms with Gasteiger partial charge in [0.1, 0.15) is 0 Å². The van der Waals surface area contributed by atoms with Gasteiger partial charge in [-0.25, -0.2) is 0 Å². The number of H-pyrrole nitrogens is 1. The number of aliphatic hydroxyl groups is 1. The second-order valence-electron chi connectivity index (χ2n) is 9.44. The third-order valence-electron chi connectivity index (χ3n) is 7.33. The number of fused-ring (bicyclic) bond motifs is 1. The number of carbonyl (C=O) groups excluding carboxylic acids is 1.